The van der Waals surface area contributed by atoms with E-state index in [1.165, 1.54) is 16.2 Å². The van der Waals surface area contributed by atoms with Gasteiger partial charge in [0.2, 0.25) is 5.52 Å². The van der Waals surface area contributed by atoms with Crippen molar-refractivity contribution in [2.45, 2.75) is 19.4 Å². The summed E-state index contributed by atoms with van der Waals surface area (Å²) in [7, 11) is 3.88. The zero-order valence-corrected chi connectivity index (χ0v) is 25.2. The molecule has 0 spiro atoms. The van der Waals surface area contributed by atoms with E-state index in [-0.39, 0.29) is 34.5 Å². The molecule has 1 aliphatic heterocycles. The second-order valence-electron chi connectivity index (χ2n) is 11.3. The van der Waals surface area contributed by atoms with E-state index in [9.17, 15) is 19.5 Å². The van der Waals surface area contributed by atoms with Gasteiger partial charge in [0.05, 0.1) is 0 Å². The highest BCUT2D eigenvalue weighted by Crippen LogP contribution is 2.37. The number of carbonyl (C=O) groups is 3. The lowest BCUT2D eigenvalue weighted by Gasteiger charge is -2.30. The minimum absolute atomic E-state index is 0.189. The van der Waals surface area contributed by atoms with Crippen LogP contribution in [-0.4, -0.2) is 43.1 Å². The maximum absolute atomic E-state index is 13.3. The lowest BCUT2D eigenvalue weighted by molar-refractivity contribution is -0.669. The number of benzene rings is 4. The zero-order chi connectivity index (χ0) is 30.5. The molecule has 2 aliphatic rings. The number of Topliss-reactive ketones (excluding diaryl/α,β-unsaturated/α-hetero) is 1. The highest BCUT2D eigenvalue weighted by Gasteiger charge is 2.33. The topological polar surface area (TPSA) is 84.6 Å². The Labute approximate surface area is 258 Å². The molecule has 1 aliphatic carbocycles. The molecule has 1 aromatic heterocycles. The first-order chi connectivity index (χ1) is 21.3. The molecule has 4 aromatic carbocycles. The number of amides is 2. The van der Waals surface area contributed by atoms with Crippen molar-refractivity contribution in [2.24, 2.45) is 0 Å². The van der Waals surface area contributed by atoms with Gasteiger partial charge in [0.1, 0.15) is 4.70 Å². The van der Waals surface area contributed by atoms with Crippen LogP contribution < -0.4 is 14.6 Å². The number of ketones is 1. The predicted octanol–water partition coefficient (Wildman–Crippen LogP) is 5.22. The minimum atomic E-state index is -0.260. The van der Waals surface area contributed by atoms with E-state index in [0.717, 1.165) is 31.7 Å². The Balaban J connectivity index is 1.11. The number of aryl methyl sites for hydroxylation is 1. The van der Waals surface area contributed by atoms with Gasteiger partial charge in [-0.15, -0.1) is 0 Å². The number of hydrogen-bond donors (Lipinski definition) is 0. The van der Waals surface area contributed by atoms with Crippen LogP contribution in [0.5, 0.6) is 0 Å². The van der Waals surface area contributed by atoms with Gasteiger partial charge < -0.3 is 10.0 Å². The molecule has 0 saturated heterocycles. The van der Waals surface area contributed by atoms with Crippen LogP contribution >= 0.6 is 11.3 Å². The van der Waals surface area contributed by atoms with Gasteiger partial charge in [0.25, 0.3) is 16.8 Å². The van der Waals surface area contributed by atoms with Gasteiger partial charge in [0.15, 0.2) is 12.3 Å². The molecule has 2 amide bonds. The molecule has 5 aromatic rings. The number of allylic oxidation sites excluding steroid dienone is 2. The number of rotatable bonds is 8. The van der Waals surface area contributed by atoms with Crippen molar-refractivity contribution in [3.63, 3.8) is 0 Å². The van der Waals surface area contributed by atoms with Crippen molar-refractivity contribution in [1.82, 2.24) is 4.90 Å². The van der Waals surface area contributed by atoms with Crippen LogP contribution in [0.4, 0.5) is 5.69 Å². The number of fused-ring (bicyclic) bond motifs is 1. The fourth-order valence-electron chi connectivity index (χ4n) is 6.07. The molecule has 0 unspecified atom stereocenters. The standard InChI is InChI=1S/C36H29N3O4S/c1-37(2)24-17-15-23(16-18-24)32-33(40)27(34(32)41)21-30-38(28-13-3-4-14-29(28)44-30)19-5-6-20-39-35(42)25-11-7-9-22-10-8-12-26(31(22)25)36(39)43/h3-4,7-18,21H,5-6,19-20H2,1-2H3. The van der Waals surface area contributed by atoms with E-state index >= 15 is 0 Å². The lowest BCUT2D eigenvalue weighted by atomic mass is 9.83. The Hall–Kier alpha value is -5.08. The maximum atomic E-state index is 13.3. The van der Waals surface area contributed by atoms with E-state index in [4.69, 9.17) is 0 Å². The number of aromatic nitrogens is 1. The maximum Gasteiger partial charge on any atom is 0.263 e. The number of thiazole rings is 1. The molecule has 0 bridgehead atoms. The summed E-state index contributed by atoms with van der Waals surface area (Å²) in [5, 5.41) is 15.6. The Kier molecular flexibility index (Phi) is 6.86. The Morgan fingerprint density at radius 3 is 2.18 bits per heavy atom. The van der Waals surface area contributed by atoms with Gasteiger partial charge in [-0.25, -0.2) is 0 Å². The highest BCUT2D eigenvalue weighted by atomic mass is 32.1. The average molecular weight is 600 g/mol. The smallest absolute Gasteiger partial charge is 0.263 e. The Morgan fingerprint density at radius 2 is 1.52 bits per heavy atom. The van der Waals surface area contributed by atoms with Gasteiger partial charge >= 0.3 is 0 Å². The third kappa shape index (κ3) is 4.50. The number of imide groups is 1. The van der Waals surface area contributed by atoms with E-state index in [2.05, 4.69) is 4.57 Å². The quantitative estimate of drug-likeness (QED) is 0.106. The van der Waals surface area contributed by atoms with E-state index < -0.39 is 0 Å². The fraction of sp³-hybridized carbons (Fsp3) is 0.167. The molecule has 0 radical (unpaired) electrons. The first kappa shape index (κ1) is 27.7. The normalized spacial score (nSPS) is 15.5. The summed E-state index contributed by atoms with van der Waals surface area (Å²) in [5.41, 5.74) is 4.17. The summed E-state index contributed by atoms with van der Waals surface area (Å²) >= 11 is 1.53. The van der Waals surface area contributed by atoms with Gasteiger partial charge in [-0.3, -0.25) is 19.3 Å². The highest BCUT2D eigenvalue weighted by molar-refractivity contribution is 7.18. The number of nitrogens with zero attached hydrogens (tertiary/aromatic N) is 3. The van der Waals surface area contributed by atoms with Crippen LogP contribution in [0.1, 0.15) is 44.1 Å². The SMILES string of the molecule is CN(C)c1ccc(C2=C([O-])C(=Cc3sc4ccccc4[n+]3CCCCN3C(=O)c4cccc5cccc(c45)C3=O)C2=O)cc1. The van der Waals surface area contributed by atoms with Crippen molar-refractivity contribution in [3.05, 3.63) is 118 Å². The average Bonchev–Trinajstić information content (AvgIpc) is 3.39. The van der Waals surface area contributed by atoms with Crippen molar-refractivity contribution < 1.29 is 24.1 Å². The molecular formula is C36H29N3O4S. The summed E-state index contributed by atoms with van der Waals surface area (Å²) in [4.78, 5) is 43.1. The zero-order valence-electron chi connectivity index (χ0n) is 24.4. The molecule has 44 heavy (non-hydrogen) atoms. The molecule has 0 N–H and O–H groups in total. The van der Waals surface area contributed by atoms with Crippen molar-refractivity contribution in [1.29, 1.82) is 0 Å². The molecule has 8 heteroatoms. The number of anilines is 1. The Bertz CT molecular complexity index is 2020. The van der Waals surface area contributed by atoms with Gasteiger partial charge in [-0.05, 0) is 47.7 Å². The van der Waals surface area contributed by atoms with Crippen LogP contribution in [0.15, 0.2) is 96.3 Å². The van der Waals surface area contributed by atoms with Crippen molar-refractivity contribution in [2.75, 3.05) is 25.5 Å². The number of hydrogen-bond acceptors (Lipinski definition) is 6. The summed E-state index contributed by atoms with van der Waals surface area (Å²) in [6.07, 6.45) is 3.02. The lowest BCUT2D eigenvalue weighted by Crippen LogP contribution is -2.41. The monoisotopic (exact) mass is 599 g/mol. The molecular weight excluding hydrogens is 570 g/mol. The van der Waals surface area contributed by atoms with Crippen molar-refractivity contribution in [3.8, 4) is 0 Å². The Morgan fingerprint density at radius 1 is 0.841 bits per heavy atom. The van der Waals surface area contributed by atoms with Crippen LogP contribution in [0, 0.1) is 0 Å². The first-order valence-electron chi connectivity index (χ1n) is 14.6. The molecule has 7 rings (SSSR count). The van der Waals surface area contributed by atoms with Crippen LogP contribution in [0.2, 0.25) is 0 Å². The summed E-state index contributed by atoms with van der Waals surface area (Å²) in [6, 6.07) is 26.5. The second-order valence-corrected chi connectivity index (χ2v) is 12.3. The molecule has 0 fully saturated rings. The minimum Gasteiger partial charge on any atom is -0.871 e. The van der Waals surface area contributed by atoms with E-state index in [1.54, 1.807) is 18.2 Å². The van der Waals surface area contributed by atoms with Gasteiger partial charge in [-0.2, -0.15) is 4.57 Å². The van der Waals surface area contributed by atoms with Crippen molar-refractivity contribution >= 4 is 67.3 Å². The predicted molar refractivity (Wildman–Crippen MR) is 171 cm³/mol. The molecule has 7 nitrogen and oxygen atoms in total. The van der Waals surface area contributed by atoms with E-state index in [1.807, 2.05) is 91.8 Å². The van der Waals surface area contributed by atoms with Crippen LogP contribution in [-0.2, 0) is 11.3 Å². The van der Waals surface area contributed by atoms with Crippen LogP contribution in [0.25, 0.3) is 32.6 Å². The van der Waals surface area contributed by atoms with Crippen LogP contribution in [0.3, 0.4) is 0 Å². The van der Waals surface area contributed by atoms with E-state index in [0.29, 0.717) is 42.6 Å². The molecule has 2 heterocycles. The molecule has 218 valence electrons. The largest absolute Gasteiger partial charge is 0.871 e. The first-order valence-corrected chi connectivity index (χ1v) is 15.4. The third-order valence-corrected chi connectivity index (χ3v) is 9.50. The fourth-order valence-corrected chi connectivity index (χ4v) is 7.20. The molecule has 0 saturated carbocycles. The summed E-state index contributed by atoms with van der Waals surface area (Å²) in [5.74, 6) is -1.00. The second kappa shape index (κ2) is 10.9. The number of carbonyl (C=O) groups excluding carboxylic acids is 3. The number of unbranched alkanes of at least 4 members (excludes halogenated alkanes) is 1. The van der Waals surface area contributed by atoms with Gasteiger partial charge in [-0.1, -0.05) is 65.6 Å². The summed E-state index contributed by atoms with van der Waals surface area (Å²) in [6.45, 7) is 0.916. The summed E-state index contributed by atoms with van der Waals surface area (Å²) < 4.78 is 3.17. The van der Waals surface area contributed by atoms with Gasteiger partial charge in [0, 0.05) is 72.6 Å². The molecule has 0 atom stereocenters. The third-order valence-electron chi connectivity index (χ3n) is 8.39. The number of para-hydroxylation sites is 1.